The largest absolute Gasteiger partial charge is 0.307 e. The van der Waals surface area contributed by atoms with Gasteiger partial charge in [0.15, 0.2) is 0 Å². The summed E-state index contributed by atoms with van der Waals surface area (Å²) in [7, 11) is -3.48. The molecule has 0 saturated carbocycles. The lowest BCUT2D eigenvalue weighted by atomic mass is 9.91. The van der Waals surface area contributed by atoms with Crippen LogP contribution in [0.1, 0.15) is 11.1 Å². The first-order valence-corrected chi connectivity index (χ1v) is 30.0. The van der Waals surface area contributed by atoms with E-state index in [9.17, 15) is 10.5 Å². The summed E-state index contributed by atoms with van der Waals surface area (Å²) >= 11 is 0. The van der Waals surface area contributed by atoms with Crippen LogP contribution in [0.25, 0.3) is 54.6 Å². The summed E-state index contributed by atoms with van der Waals surface area (Å²) in [6, 6.07) is 53.8. The van der Waals surface area contributed by atoms with Gasteiger partial charge in [-0.25, -0.2) is 17.6 Å². The molecule has 70 heavy (non-hydrogen) atoms. The molecule has 0 aliphatic heterocycles. The molecule has 0 fully saturated rings. The maximum atomic E-state index is 17.0. The van der Waals surface area contributed by atoms with Crippen LogP contribution in [-0.4, -0.2) is 16.1 Å². The van der Waals surface area contributed by atoms with Crippen molar-refractivity contribution in [3.8, 4) is 34.4 Å². The predicted molar refractivity (Wildman–Crippen MR) is 286 cm³/mol. The number of nitriles is 2. The minimum absolute atomic E-state index is 0.0151. The molecule has 10 aromatic rings. The van der Waals surface area contributed by atoms with Gasteiger partial charge < -0.3 is 9.80 Å². The van der Waals surface area contributed by atoms with Crippen molar-refractivity contribution in [1.29, 1.82) is 10.5 Å². The quantitative estimate of drug-likeness (QED) is 0.0779. The molecule has 0 amide bonds. The molecule has 0 atom stereocenters. The molecule has 10 aromatic carbocycles. The first kappa shape index (κ1) is 45.7. The van der Waals surface area contributed by atoms with Gasteiger partial charge in [0, 0.05) is 45.4 Å². The third kappa shape index (κ3) is 8.15. The smallest absolute Gasteiger partial charge is 0.148 e. The number of nitrogens with zero attached hydrogens (tertiary/aromatic N) is 4. The zero-order chi connectivity index (χ0) is 49.2. The Morgan fingerprint density at radius 1 is 0.371 bits per heavy atom. The van der Waals surface area contributed by atoms with Crippen LogP contribution >= 0.6 is 0 Å². The Kier molecular flexibility index (Phi) is 11.4. The van der Waals surface area contributed by atoms with Gasteiger partial charge in [-0.15, -0.1) is 0 Å². The van der Waals surface area contributed by atoms with Crippen LogP contribution in [0, 0.1) is 45.9 Å². The maximum absolute atomic E-state index is 17.0. The van der Waals surface area contributed by atoms with E-state index in [1.54, 1.807) is 58.3 Å². The lowest BCUT2D eigenvalue weighted by Crippen LogP contribution is -2.37. The van der Waals surface area contributed by atoms with Crippen molar-refractivity contribution in [1.82, 2.24) is 0 Å². The normalized spacial score (nSPS) is 11.8. The Labute approximate surface area is 406 Å². The van der Waals surface area contributed by atoms with Crippen LogP contribution in [-0.2, 0) is 0 Å². The van der Waals surface area contributed by atoms with Gasteiger partial charge in [0.05, 0.1) is 62.2 Å². The van der Waals surface area contributed by atoms with Crippen LogP contribution in [0.3, 0.4) is 0 Å². The second-order valence-corrected chi connectivity index (χ2v) is 30.0. The molecule has 4 nitrogen and oxygen atoms in total. The summed E-state index contributed by atoms with van der Waals surface area (Å²) in [5.74, 6) is -2.53. The minimum Gasteiger partial charge on any atom is -0.307 e. The Balaban J connectivity index is 1.19. The summed E-state index contributed by atoms with van der Waals surface area (Å²) in [6.45, 7) is 13.5. The van der Waals surface area contributed by atoms with E-state index >= 15 is 17.6 Å². The van der Waals surface area contributed by atoms with Gasteiger partial charge in [0.1, 0.15) is 23.3 Å². The number of anilines is 6. The first-order chi connectivity index (χ1) is 33.5. The standard InChI is InChI=1S/C60H46F4N4Si2/c1-69(2,3)45-23-19-43(20-24-45)67(57-33-51(61)49(31-53(57)63)39-11-7-37(35-65)8-12-39)55-29-17-41-16-28-48-56(30-18-42-15-27-47(55)59(41)60(42)48)68(44-21-25-46(26-22-44)70(4,5)6)58-34-52(62)50(32-54(58)64)40-13-9-38(36-66)10-14-40/h7-34H,1-6H3. The zero-order valence-corrected chi connectivity index (χ0v) is 41.5. The predicted octanol–water partition coefficient (Wildman–Crippen LogP) is 16.2. The number of hydrogen-bond donors (Lipinski definition) is 0. The maximum Gasteiger partial charge on any atom is 0.148 e. The summed E-state index contributed by atoms with van der Waals surface area (Å²) in [5, 5.41) is 26.2. The SMILES string of the molecule is C[Si](C)(C)c1ccc(N(c2cc(F)c(-c3ccc(C#N)cc3)cc2F)c2ccc3ccc4c(N(c5ccc([Si](C)(C)C)cc5)c5cc(F)c(-c6ccc(C#N)cc6)cc5F)ccc5ccc2c3c54)cc1. The molecule has 0 N–H and O–H groups in total. The highest BCUT2D eigenvalue weighted by molar-refractivity contribution is 6.89. The molecule has 0 saturated heterocycles. The van der Waals surface area contributed by atoms with Crippen molar-refractivity contribution >= 4 is 93.0 Å². The van der Waals surface area contributed by atoms with Crippen molar-refractivity contribution in [2.75, 3.05) is 9.80 Å². The van der Waals surface area contributed by atoms with Crippen molar-refractivity contribution < 1.29 is 17.6 Å². The highest BCUT2D eigenvalue weighted by Gasteiger charge is 2.27. The molecule has 10 rings (SSSR count). The molecular formula is C60H46F4N4Si2. The van der Waals surface area contributed by atoms with E-state index in [0.29, 0.717) is 45.0 Å². The Bertz CT molecular complexity index is 3490. The van der Waals surface area contributed by atoms with Crippen molar-refractivity contribution in [2.45, 2.75) is 39.3 Å². The van der Waals surface area contributed by atoms with E-state index < -0.39 is 39.4 Å². The molecule has 0 unspecified atom stereocenters. The third-order valence-corrected chi connectivity index (χ3v) is 17.4. The number of hydrogen-bond acceptors (Lipinski definition) is 4. The monoisotopic (exact) mass is 954 g/mol. The second-order valence-electron chi connectivity index (χ2n) is 19.8. The van der Waals surface area contributed by atoms with Crippen molar-refractivity contribution in [3.05, 3.63) is 204 Å². The van der Waals surface area contributed by atoms with Crippen molar-refractivity contribution in [2.24, 2.45) is 0 Å². The third-order valence-electron chi connectivity index (χ3n) is 13.3. The highest BCUT2D eigenvalue weighted by atomic mass is 28.3. The first-order valence-electron chi connectivity index (χ1n) is 23.0. The molecule has 0 aliphatic rings. The summed E-state index contributed by atoms with van der Waals surface area (Å²) in [6.07, 6.45) is 0. The van der Waals surface area contributed by atoms with E-state index in [1.807, 2.05) is 72.8 Å². The van der Waals surface area contributed by atoms with Gasteiger partial charge >= 0.3 is 0 Å². The van der Waals surface area contributed by atoms with E-state index in [4.69, 9.17) is 0 Å². The van der Waals surface area contributed by atoms with Gasteiger partial charge in [-0.05, 0) is 105 Å². The second kappa shape index (κ2) is 17.5. The Morgan fingerprint density at radius 2 is 0.714 bits per heavy atom. The van der Waals surface area contributed by atoms with E-state index in [2.05, 4.69) is 75.7 Å². The van der Waals surface area contributed by atoms with E-state index in [0.717, 1.165) is 32.3 Å². The molecule has 0 aromatic heterocycles. The Morgan fingerprint density at radius 3 is 1.04 bits per heavy atom. The average molecular weight is 955 g/mol. The summed E-state index contributed by atoms with van der Waals surface area (Å²) in [5.41, 5.74) is 4.38. The molecule has 342 valence electrons. The average Bonchev–Trinajstić information content (AvgIpc) is 3.35. The molecule has 10 heteroatoms. The van der Waals surface area contributed by atoms with Crippen LogP contribution in [0.2, 0.25) is 39.3 Å². The van der Waals surface area contributed by atoms with Crippen LogP contribution in [0.4, 0.5) is 51.7 Å². The fraction of sp³-hybridized carbons (Fsp3) is 0.100. The van der Waals surface area contributed by atoms with Crippen LogP contribution in [0.15, 0.2) is 170 Å². The number of rotatable bonds is 10. The van der Waals surface area contributed by atoms with Gasteiger partial charge in [0.2, 0.25) is 0 Å². The van der Waals surface area contributed by atoms with E-state index in [1.165, 1.54) is 34.6 Å². The van der Waals surface area contributed by atoms with E-state index in [-0.39, 0.29) is 22.5 Å². The van der Waals surface area contributed by atoms with Gasteiger partial charge in [-0.3, -0.25) is 0 Å². The molecular weight excluding hydrogens is 909 g/mol. The number of halogens is 4. The van der Waals surface area contributed by atoms with Crippen LogP contribution in [0.5, 0.6) is 0 Å². The van der Waals surface area contributed by atoms with Crippen LogP contribution < -0.4 is 20.2 Å². The van der Waals surface area contributed by atoms with Gasteiger partial charge in [-0.1, -0.05) is 135 Å². The fourth-order valence-electron chi connectivity index (χ4n) is 9.50. The summed E-state index contributed by atoms with van der Waals surface area (Å²) < 4.78 is 67.0. The highest BCUT2D eigenvalue weighted by Crippen LogP contribution is 2.49. The molecule has 0 spiro atoms. The minimum atomic E-state index is -1.74. The van der Waals surface area contributed by atoms with Gasteiger partial charge in [-0.2, -0.15) is 10.5 Å². The zero-order valence-electron chi connectivity index (χ0n) is 39.5. The number of benzene rings is 10. The molecule has 0 heterocycles. The lowest BCUT2D eigenvalue weighted by Gasteiger charge is -2.30. The Hall–Kier alpha value is -8.03. The molecule has 0 aliphatic carbocycles. The topological polar surface area (TPSA) is 54.1 Å². The lowest BCUT2D eigenvalue weighted by molar-refractivity contribution is 0.604. The summed E-state index contributed by atoms with van der Waals surface area (Å²) in [4.78, 5) is 3.53. The molecule has 0 bridgehead atoms. The van der Waals surface area contributed by atoms with Gasteiger partial charge in [0.25, 0.3) is 0 Å². The molecule has 0 radical (unpaired) electrons. The fourth-order valence-corrected chi connectivity index (χ4v) is 11.8. The van der Waals surface area contributed by atoms with Crippen molar-refractivity contribution in [3.63, 3.8) is 0 Å².